The third kappa shape index (κ3) is 2.26. The Morgan fingerprint density at radius 1 is 1.24 bits per heavy atom. The van der Waals surface area contributed by atoms with Gasteiger partial charge in [0.2, 0.25) is 0 Å². The molecule has 114 valence electrons. The molecule has 1 fully saturated rings. The molecule has 0 bridgehead atoms. The van der Waals surface area contributed by atoms with Gasteiger partial charge in [0.25, 0.3) is 0 Å². The maximum Gasteiger partial charge on any atom is 0.314 e. The van der Waals surface area contributed by atoms with Gasteiger partial charge in [0.1, 0.15) is 13.2 Å². The zero-order valence-corrected chi connectivity index (χ0v) is 12.8. The molecular weight excluding hydrogens is 292 g/mol. The lowest BCUT2D eigenvalue weighted by Gasteiger charge is -2.36. The van der Waals surface area contributed by atoms with Crippen LogP contribution >= 0.6 is 11.6 Å². The molecule has 1 aliphatic heterocycles. The monoisotopic (exact) mass is 310 g/mol. The first-order valence-corrected chi connectivity index (χ1v) is 7.76. The van der Waals surface area contributed by atoms with Crippen molar-refractivity contribution >= 4 is 17.6 Å². The van der Waals surface area contributed by atoms with E-state index in [1.165, 1.54) is 0 Å². The predicted molar refractivity (Wildman–Crippen MR) is 79.6 cm³/mol. The lowest BCUT2D eigenvalue weighted by molar-refractivity contribution is -0.145. The van der Waals surface area contributed by atoms with E-state index in [4.69, 9.17) is 21.1 Å². The van der Waals surface area contributed by atoms with Crippen LogP contribution in [0.3, 0.4) is 0 Å². The van der Waals surface area contributed by atoms with E-state index in [1.54, 1.807) is 6.07 Å². The fourth-order valence-corrected chi connectivity index (χ4v) is 4.05. The number of carbonyl (C=O) groups is 1. The molecule has 3 rings (SSSR count). The van der Waals surface area contributed by atoms with Crippen LogP contribution in [0.5, 0.6) is 11.5 Å². The van der Waals surface area contributed by atoms with Crippen LogP contribution in [0.25, 0.3) is 0 Å². The first-order valence-electron chi connectivity index (χ1n) is 7.39. The molecule has 0 saturated heterocycles. The van der Waals surface area contributed by atoms with Crippen molar-refractivity contribution < 1.29 is 19.4 Å². The number of fused-ring (bicyclic) bond motifs is 1. The van der Waals surface area contributed by atoms with Crippen LogP contribution in [0, 0.1) is 6.92 Å². The van der Waals surface area contributed by atoms with Gasteiger partial charge in [-0.05, 0) is 25.3 Å². The number of carboxylic acid groups (broad SMARTS) is 1. The Morgan fingerprint density at radius 3 is 2.57 bits per heavy atom. The maximum atomic E-state index is 12.0. The Kier molecular flexibility index (Phi) is 3.74. The number of benzene rings is 1. The molecule has 5 heteroatoms. The van der Waals surface area contributed by atoms with Gasteiger partial charge >= 0.3 is 5.97 Å². The highest BCUT2D eigenvalue weighted by Crippen LogP contribution is 2.49. The van der Waals surface area contributed by atoms with E-state index in [0.717, 1.165) is 24.8 Å². The number of aliphatic carboxylic acids is 1. The Balaban J connectivity index is 2.18. The molecule has 4 nitrogen and oxygen atoms in total. The summed E-state index contributed by atoms with van der Waals surface area (Å²) in [5.41, 5.74) is 0.622. The number of rotatable bonds is 2. The van der Waals surface area contributed by atoms with E-state index in [1.807, 2.05) is 6.92 Å². The number of hydrogen-bond acceptors (Lipinski definition) is 3. The smallest absolute Gasteiger partial charge is 0.314 e. The van der Waals surface area contributed by atoms with Gasteiger partial charge in [-0.1, -0.05) is 30.9 Å². The van der Waals surface area contributed by atoms with Crippen molar-refractivity contribution in [2.24, 2.45) is 0 Å². The average Bonchev–Trinajstić information content (AvgIpc) is 2.48. The van der Waals surface area contributed by atoms with Gasteiger partial charge in [-0.15, -0.1) is 0 Å². The molecule has 2 aliphatic rings. The highest BCUT2D eigenvalue weighted by Gasteiger charge is 2.44. The number of hydrogen-bond donors (Lipinski definition) is 1. The van der Waals surface area contributed by atoms with Crippen LogP contribution in [0.15, 0.2) is 6.07 Å². The summed E-state index contributed by atoms with van der Waals surface area (Å²) in [6.45, 7) is 2.86. The molecule has 1 aliphatic carbocycles. The lowest BCUT2D eigenvalue weighted by Crippen LogP contribution is -2.39. The van der Waals surface area contributed by atoms with E-state index in [2.05, 4.69) is 0 Å². The summed E-state index contributed by atoms with van der Waals surface area (Å²) in [5.74, 6) is 0.472. The second-order valence-electron chi connectivity index (χ2n) is 5.83. The zero-order valence-electron chi connectivity index (χ0n) is 12.1. The molecule has 0 unspecified atom stereocenters. The van der Waals surface area contributed by atoms with Crippen molar-refractivity contribution in [3.63, 3.8) is 0 Å². The first kappa shape index (κ1) is 14.5. The number of halogens is 1. The summed E-state index contributed by atoms with van der Waals surface area (Å²) in [5, 5.41) is 10.3. The topological polar surface area (TPSA) is 55.8 Å². The van der Waals surface area contributed by atoms with Gasteiger partial charge < -0.3 is 14.6 Å². The third-order valence-electron chi connectivity index (χ3n) is 4.62. The molecule has 1 N–H and O–H groups in total. The summed E-state index contributed by atoms with van der Waals surface area (Å²) < 4.78 is 11.3. The van der Waals surface area contributed by atoms with Crippen molar-refractivity contribution in [2.45, 2.75) is 44.4 Å². The van der Waals surface area contributed by atoms with Crippen molar-refractivity contribution in [3.05, 3.63) is 22.2 Å². The summed E-state index contributed by atoms with van der Waals surface area (Å²) in [6, 6.07) is 1.71. The Bertz CT molecular complexity index is 576. The molecule has 0 aromatic heterocycles. The summed E-state index contributed by atoms with van der Waals surface area (Å²) in [6.07, 6.45) is 4.16. The van der Waals surface area contributed by atoms with Gasteiger partial charge in [0.05, 0.1) is 5.41 Å². The molecule has 0 spiro atoms. The fraction of sp³-hybridized carbons (Fsp3) is 0.562. The van der Waals surface area contributed by atoms with Gasteiger partial charge in [0.15, 0.2) is 11.5 Å². The molecule has 0 atom stereocenters. The predicted octanol–water partition coefficient (Wildman–Crippen LogP) is 3.71. The fourth-order valence-electron chi connectivity index (χ4n) is 3.63. The SMILES string of the molecule is Cc1c2c(cc(Cl)c1C1(C(=O)O)CCCCC1)OCCO2. The van der Waals surface area contributed by atoms with Crippen LogP contribution in [0.1, 0.15) is 43.2 Å². The third-order valence-corrected chi connectivity index (χ3v) is 4.92. The molecule has 1 aromatic rings. The number of carboxylic acids is 1. The van der Waals surface area contributed by atoms with Gasteiger partial charge in [0, 0.05) is 16.7 Å². The molecule has 1 saturated carbocycles. The standard InChI is InChI=1S/C16H19ClO4/c1-10-13(16(15(18)19)5-3-2-4-6-16)11(17)9-12-14(10)21-8-7-20-12/h9H,2-8H2,1H3,(H,18,19). The van der Waals surface area contributed by atoms with E-state index in [9.17, 15) is 9.90 Å². The van der Waals surface area contributed by atoms with E-state index in [-0.39, 0.29) is 0 Å². The van der Waals surface area contributed by atoms with Crippen LogP contribution in [0.4, 0.5) is 0 Å². The molecule has 1 aromatic carbocycles. The summed E-state index contributed by atoms with van der Waals surface area (Å²) >= 11 is 6.43. The van der Waals surface area contributed by atoms with Crippen molar-refractivity contribution in [1.82, 2.24) is 0 Å². The van der Waals surface area contributed by atoms with Gasteiger partial charge in [-0.2, -0.15) is 0 Å². The van der Waals surface area contributed by atoms with E-state index < -0.39 is 11.4 Å². The minimum atomic E-state index is -0.894. The summed E-state index contributed by atoms with van der Waals surface area (Å²) in [4.78, 5) is 12.0. The highest BCUT2D eigenvalue weighted by molar-refractivity contribution is 6.32. The van der Waals surface area contributed by atoms with Crippen molar-refractivity contribution in [3.8, 4) is 11.5 Å². The molecule has 0 radical (unpaired) electrons. The molecule has 21 heavy (non-hydrogen) atoms. The summed E-state index contributed by atoms with van der Waals surface area (Å²) in [7, 11) is 0. The van der Waals surface area contributed by atoms with Crippen LogP contribution in [0.2, 0.25) is 5.02 Å². The lowest BCUT2D eigenvalue weighted by atomic mass is 9.68. The minimum Gasteiger partial charge on any atom is -0.486 e. The van der Waals surface area contributed by atoms with E-state index in [0.29, 0.717) is 48.1 Å². The molecular formula is C16H19ClO4. The Hall–Kier alpha value is -1.42. The Morgan fingerprint density at radius 2 is 1.90 bits per heavy atom. The van der Waals surface area contributed by atoms with Crippen molar-refractivity contribution in [2.75, 3.05) is 13.2 Å². The van der Waals surface area contributed by atoms with Crippen molar-refractivity contribution in [1.29, 1.82) is 0 Å². The Labute approximate surface area is 129 Å². The maximum absolute atomic E-state index is 12.0. The zero-order chi connectivity index (χ0) is 15.0. The second-order valence-corrected chi connectivity index (χ2v) is 6.24. The van der Waals surface area contributed by atoms with Crippen LogP contribution < -0.4 is 9.47 Å². The second kappa shape index (κ2) is 5.41. The van der Waals surface area contributed by atoms with Crippen LogP contribution in [-0.4, -0.2) is 24.3 Å². The van der Waals surface area contributed by atoms with E-state index >= 15 is 0 Å². The van der Waals surface area contributed by atoms with Crippen LogP contribution in [-0.2, 0) is 10.2 Å². The average molecular weight is 311 g/mol. The normalized spacial score (nSPS) is 20.1. The minimum absolute atomic E-state index is 0.473. The molecule has 0 amide bonds. The quantitative estimate of drug-likeness (QED) is 0.905. The number of ether oxygens (including phenoxy) is 2. The largest absolute Gasteiger partial charge is 0.486 e. The molecule has 1 heterocycles. The highest BCUT2D eigenvalue weighted by atomic mass is 35.5. The van der Waals surface area contributed by atoms with Gasteiger partial charge in [-0.3, -0.25) is 4.79 Å². The first-order chi connectivity index (χ1) is 10.1. The van der Waals surface area contributed by atoms with Gasteiger partial charge in [-0.25, -0.2) is 0 Å².